The maximum absolute atomic E-state index is 10.4. The number of aryl methyl sites for hydroxylation is 1. The number of nitriles is 1. The summed E-state index contributed by atoms with van der Waals surface area (Å²) in [4.78, 5) is 10.4. The zero-order chi connectivity index (χ0) is 11.1. The van der Waals surface area contributed by atoms with Crippen molar-refractivity contribution in [3.8, 4) is 6.07 Å². The molecule has 3 nitrogen and oxygen atoms in total. The lowest BCUT2D eigenvalue weighted by atomic mass is 10.0. The molecule has 1 N–H and O–H groups in total. The van der Waals surface area contributed by atoms with Crippen molar-refractivity contribution >= 4 is 12.0 Å². The number of benzene rings is 1. The van der Waals surface area contributed by atoms with Crippen LogP contribution in [0.1, 0.15) is 17.5 Å². The Morgan fingerprint density at radius 3 is 2.87 bits per heavy atom. The van der Waals surface area contributed by atoms with Gasteiger partial charge in [-0.15, -0.1) is 0 Å². The number of carbonyl (C=O) groups is 1. The van der Waals surface area contributed by atoms with Crippen molar-refractivity contribution in [3.05, 3.63) is 41.5 Å². The van der Waals surface area contributed by atoms with Gasteiger partial charge in [-0.25, -0.2) is 0 Å². The van der Waals surface area contributed by atoms with Crippen LogP contribution in [0.3, 0.4) is 0 Å². The molecule has 1 aromatic rings. The van der Waals surface area contributed by atoms with E-state index in [-0.39, 0.29) is 6.42 Å². The average molecular weight is 201 g/mol. The molecule has 0 saturated carbocycles. The fourth-order valence-corrected chi connectivity index (χ4v) is 1.29. The minimum atomic E-state index is -0.811. The Bertz CT molecular complexity index is 416. The second kappa shape index (κ2) is 5.61. The Labute approximate surface area is 88.3 Å². The van der Waals surface area contributed by atoms with E-state index in [1.165, 1.54) is 6.08 Å². The number of hydrogen-bond acceptors (Lipinski definition) is 2. The molecule has 0 spiro atoms. The standard InChI is InChI=1S/C12H11NO2/c13-9-3-6-10-4-1-2-5-11(10)7-8-12(14)15/h1-6H,7-8H2,(H,14,15). The zero-order valence-corrected chi connectivity index (χ0v) is 8.18. The van der Waals surface area contributed by atoms with E-state index >= 15 is 0 Å². The Morgan fingerprint density at radius 2 is 2.20 bits per heavy atom. The summed E-state index contributed by atoms with van der Waals surface area (Å²) in [5.74, 6) is -0.811. The largest absolute Gasteiger partial charge is 0.481 e. The van der Waals surface area contributed by atoms with E-state index in [1.54, 1.807) is 6.08 Å². The van der Waals surface area contributed by atoms with E-state index in [0.717, 1.165) is 11.1 Å². The summed E-state index contributed by atoms with van der Waals surface area (Å²) >= 11 is 0. The highest BCUT2D eigenvalue weighted by atomic mass is 16.4. The summed E-state index contributed by atoms with van der Waals surface area (Å²) in [6.45, 7) is 0. The maximum Gasteiger partial charge on any atom is 0.303 e. The summed E-state index contributed by atoms with van der Waals surface area (Å²) in [5.41, 5.74) is 1.85. The summed E-state index contributed by atoms with van der Waals surface area (Å²) in [7, 11) is 0. The third-order valence-corrected chi connectivity index (χ3v) is 2.00. The van der Waals surface area contributed by atoms with Crippen molar-refractivity contribution in [3.63, 3.8) is 0 Å². The first-order valence-corrected chi connectivity index (χ1v) is 4.60. The van der Waals surface area contributed by atoms with Crippen LogP contribution in [0.2, 0.25) is 0 Å². The molecule has 0 saturated heterocycles. The van der Waals surface area contributed by atoms with Gasteiger partial charge in [0.1, 0.15) is 0 Å². The van der Waals surface area contributed by atoms with Crippen LogP contribution in [-0.4, -0.2) is 11.1 Å². The zero-order valence-electron chi connectivity index (χ0n) is 8.18. The average Bonchev–Trinajstić information content (AvgIpc) is 2.24. The van der Waals surface area contributed by atoms with Crippen molar-refractivity contribution in [2.24, 2.45) is 0 Å². The quantitative estimate of drug-likeness (QED) is 0.760. The normalized spacial score (nSPS) is 10.1. The molecule has 0 aliphatic carbocycles. The Hall–Kier alpha value is -2.08. The van der Waals surface area contributed by atoms with Crippen LogP contribution in [0.15, 0.2) is 30.3 Å². The molecule has 15 heavy (non-hydrogen) atoms. The van der Waals surface area contributed by atoms with Crippen molar-refractivity contribution in [1.82, 2.24) is 0 Å². The Morgan fingerprint density at radius 1 is 1.47 bits per heavy atom. The third-order valence-electron chi connectivity index (χ3n) is 2.00. The van der Waals surface area contributed by atoms with Gasteiger partial charge in [-0.3, -0.25) is 4.79 Å². The summed E-state index contributed by atoms with van der Waals surface area (Å²) < 4.78 is 0. The lowest BCUT2D eigenvalue weighted by molar-refractivity contribution is -0.136. The molecular formula is C12H11NO2. The van der Waals surface area contributed by atoms with Crippen LogP contribution in [0.5, 0.6) is 0 Å². The van der Waals surface area contributed by atoms with Crippen molar-refractivity contribution in [2.45, 2.75) is 12.8 Å². The lowest BCUT2D eigenvalue weighted by Gasteiger charge is -2.03. The molecular weight excluding hydrogens is 190 g/mol. The topological polar surface area (TPSA) is 61.1 Å². The molecule has 0 fully saturated rings. The van der Waals surface area contributed by atoms with Gasteiger partial charge < -0.3 is 5.11 Å². The summed E-state index contributed by atoms with van der Waals surface area (Å²) in [5, 5.41) is 17.0. The van der Waals surface area contributed by atoms with Gasteiger partial charge in [0.05, 0.1) is 6.07 Å². The first-order valence-electron chi connectivity index (χ1n) is 4.60. The second-order valence-electron chi connectivity index (χ2n) is 3.05. The van der Waals surface area contributed by atoms with Gasteiger partial charge in [0, 0.05) is 12.5 Å². The highest BCUT2D eigenvalue weighted by molar-refractivity contribution is 5.67. The van der Waals surface area contributed by atoms with Gasteiger partial charge in [0.25, 0.3) is 0 Å². The van der Waals surface area contributed by atoms with Crippen LogP contribution in [0, 0.1) is 11.3 Å². The fourth-order valence-electron chi connectivity index (χ4n) is 1.29. The Balaban J connectivity index is 2.82. The molecule has 0 heterocycles. The first-order chi connectivity index (χ1) is 7.24. The van der Waals surface area contributed by atoms with Crippen LogP contribution in [0.4, 0.5) is 0 Å². The monoisotopic (exact) mass is 201 g/mol. The Kier molecular flexibility index (Phi) is 4.11. The molecule has 0 amide bonds. The van der Waals surface area contributed by atoms with Crippen LogP contribution < -0.4 is 0 Å². The molecule has 3 heteroatoms. The predicted molar refractivity (Wildman–Crippen MR) is 57.0 cm³/mol. The van der Waals surface area contributed by atoms with Gasteiger partial charge in [0.2, 0.25) is 0 Å². The highest BCUT2D eigenvalue weighted by Crippen LogP contribution is 2.12. The number of allylic oxidation sites excluding steroid dienone is 1. The van der Waals surface area contributed by atoms with Gasteiger partial charge in [0.15, 0.2) is 0 Å². The highest BCUT2D eigenvalue weighted by Gasteiger charge is 2.01. The molecule has 0 unspecified atom stereocenters. The number of nitrogens with zero attached hydrogens (tertiary/aromatic N) is 1. The van der Waals surface area contributed by atoms with Gasteiger partial charge in [-0.2, -0.15) is 5.26 Å². The minimum Gasteiger partial charge on any atom is -0.481 e. The van der Waals surface area contributed by atoms with Crippen LogP contribution in [-0.2, 0) is 11.2 Å². The number of rotatable bonds is 4. The van der Waals surface area contributed by atoms with E-state index in [4.69, 9.17) is 10.4 Å². The van der Waals surface area contributed by atoms with Gasteiger partial charge in [-0.05, 0) is 23.6 Å². The molecule has 76 valence electrons. The van der Waals surface area contributed by atoms with E-state index in [1.807, 2.05) is 30.3 Å². The second-order valence-corrected chi connectivity index (χ2v) is 3.05. The van der Waals surface area contributed by atoms with Crippen LogP contribution >= 0.6 is 0 Å². The molecule has 0 aliphatic rings. The molecule has 0 aliphatic heterocycles. The van der Waals surface area contributed by atoms with E-state index < -0.39 is 5.97 Å². The van der Waals surface area contributed by atoms with E-state index in [0.29, 0.717) is 6.42 Å². The predicted octanol–water partition coefficient (Wildman–Crippen LogP) is 2.24. The summed E-state index contributed by atoms with van der Waals surface area (Å²) in [6.07, 6.45) is 3.68. The molecule has 0 atom stereocenters. The molecule has 0 radical (unpaired) electrons. The number of hydrogen-bond donors (Lipinski definition) is 1. The summed E-state index contributed by atoms with van der Waals surface area (Å²) in [6, 6.07) is 9.38. The minimum absolute atomic E-state index is 0.109. The van der Waals surface area contributed by atoms with Gasteiger partial charge in [-0.1, -0.05) is 24.3 Å². The number of carboxylic acids is 1. The number of aliphatic carboxylic acids is 1. The SMILES string of the molecule is N#CC=Cc1ccccc1CCC(=O)O. The first kappa shape index (κ1) is 11.0. The van der Waals surface area contributed by atoms with Crippen molar-refractivity contribution in [2.75, 3.05) is 0 Å². The van der Waals surface area contributed by atoms with Crippen molar-refractivity contribution in [1.29, 1.82) is 5.26 Å². The molecule has 1 rings (SSSR count). The van der Waals surface area contributed by atoms with Gasteiger partial charge >= 0.3 is 5.97 Å². The van der Waals surface area contributed by atoms with Crippen LogP contribution in [0.25, 0.3) is 6.08 Å². The number of carboxylic acid groups (broad SMARTS) is 1. The molecule has 0 bridgehead atoms. The maximum atomic E-state index is 10.4. The third kappa shape index (κ3) is 3.65. The molecule has 0 aromatic heterocycles. The lowest BCUT2D eigenvalue weighted by Crippen LogP contribution is -1.98. The van der Waals surface area contributed by atoms with Crippen molar-refractivity contribution < 1.29 is 9.90 Å². The van der Waals surface area contributed by atoms with E-state index in [9.17, 15) is 4.79 Å². The smallest absolute Gasteiger partial charge is 0.303 e. The fraction of sp³-hybridized carbons (Fsp3) is 0.167. The van der Waals surface area contributed by atoms with E-state index in [2.05, 4.69) is 0 Å². The molecule has 1 aromatic carbocycles.